The van der Waals surface area contributed by atoms with Crippen molar-refractivity contribution in [3.05, 3.63) is 88.5 Å². The molecule has 192 valence electrons. The predicted molar refractivity (Wildman–Crippen MR) is 136 cm³/mol. The molecule has 0 spiro atoms. The number of fused-ring (bicyclic) bond motifs is 1. The summed E-state index contributed by atoms with van der Waals surface area (Å²) in [5.41, 5.74) is 1.77. The Kier molecular flexibility index (Phi) is 7.81. The summed E-state index contributed by atoms with van der Waals surface area (Å²) in [6, 6.07) is 15.8. The molecule has 0 unspecified atom stereocenters. The average Bonchev–Trinajstić information content (AvgIpc) is 2.88. The van der Waals surface area contributed by atoms with Crippen molar-refractivity contribution >= 4 is 17.8 Å². The van der Waals surface area contributed by atoms with Crippen LogP contribution in [0.25, 0.3) is 28.9 Å². The van der Waals surface area contributed by atoms with Crippen LogP contribution in [0.5, 0.6) is 17.2 Å². The first-order chi connectivity index (χ1) is 17.8. The lowest BCUT2D eigenvalue weighted by Crippen LogP contribution is -2.19. The van der Waals surface area contributed by atoms with E-state index in [0.29, 0.717) is 35.0 Å². The van der Waals surface area contributed by atoms with E-state index in [9.17, 15) is 18.0 Å². The molecule has 0 aliphatic carbocycles. The number of halogens is 3. The molecule has 4 rings (SSSR count). The van der Waals surface area contributed by atoms with Gasteiger partial charge in [-0.2, -0.15) is 0 Å². The molecule has 2 heterocycles. The van der Waals surface area contributed by atoms with Gasteiger partial charge < -0.3 is 14.2 Å². The Morgan fingerprint density at radius 3 is 2.49 bits per heavy atom. The summed E-state index contributed by atoms with van der Waals surface area (Å²) in [6.45, 7) is 2.59. The summed E-state index contributed by atoms with van der Waals surface area (Å²) >= 11 is 0. The van der Waals surface area contributed by atoms with Crippen molar-refractivity contribution in [2.24, 2.45) is 0 Å². The molecular formula is C28H25F3N2O4. The number of alkyl halides is 3. The summed E-state index contributed by atoms with van der Waals surface area (Å²) in [5.74, 6) is 0.764. The molecule has 6 nitrogen and oxygen atoms in total. The zero-order valence-electron chi connectivity index (χ0n) is 20.3. The molecular weight excluding hydrogens is 485 g/mol. The lowest BCUT2D eigenvalue weighted by atomic mass is 10.0. The van der Waals surface area contributed by atoms with Crippen molar-refractivity contribution < 1.29 is 27.4 Å². The Bertz CT molecular complexity index is 1460. The van der Waals surface area contributed by atoms with Crippen LogP contribution >= 0.6 is 0 Å². The first-order valence-corrected chi connectivity index (χ1v) is 11.7. The molecule has 4 aromatic rings. The molecule has 0 aliphatic heterocycles. The third-order valence-corrected chi connectivity index (χ3v) is 5.53. The number of methoxy groups -OCH3 is 1. The lowest BCUT2D eigenvalue weighted by Gasteiger charge is -2.13. The van der Waals surface area contributed by atoms with Crippen LogP contribution in [0.3, 0.4) is 0 Å². The van der Waals surface area contributed by atoms with Crippen molar-refractivity contribution in [2.45, 2.75) is 26.1 Å². The normalized spacial score (nSPS) is 11.7. The van der Waals surface area contributed by atoms with Gasteiger partial charge in [-0.15, -0.1) is 13.2 Å². The fraction of sp³-hybridized carbons (Fsp3) is 0.214. The van der Waals surface area contributed by atoms with Crippen LogP contribution in [0.4, 0.5) is 13.2 Å². The minimum absolute atomic E-state index is 0.231. The van der Waals surface area contributed by atoms with Crippen LogP contribution in [0.1, 0.15) is 31.0 Å². The van der Waals surface area contributed by atoms with E-state index in [-0.39, 0.29) is 16.9 Å². The van der Waals surface area contributed by atoms with E-state index < -0.39 is 6.36 Å². The van der Waals surface area contributed by atoms with Gasteiger partial charge in [0.05, 0.1) is 25.0 Å². The SMILES string of the molecule is CCCCOc1c(C=Cc2nc3ccccn3c(=O)c2-c2ccc(OC(F)(F)F)cc2)cccc1OC. The lowest BCUT2D eigenvalue weighted by molar-refractivity contribution is -0.274. The van der Waals surface area contributed by atoms with Crippen LogP contribution in [0, 0.1) is 0 Å². The fourth-order valence-corrected chi connectivity index (χ4v) is 3.79. The first kappa shape index (κ1) is 25.8. The number of hydrogen-bond donors (Lipinski definition) is 0. The monoisotopic (exact) mass is 510 g/mol. The second-order valence-electron chi connectivity index (χ2n) is 8.09. The Hall–Kier alpha value is -4.27. The van der Waals surface area contributed by atoms with Crippen LogP contribution in [-0.2, 0) is 0 Å². The molecule has 0 aliphatic rings. The number of para-hydroxylation sites is 1. The molecule has 0 saturated heterocycles. The molecule has 9 heteroatoms. The van der Waals surface area contributed by atoms with Gasteiger partial charge in [0.2, 0.25) is 0 Å². The van der Waals surface area contributed by atoms with Gasteiger partial charge in [-0.25, -0.2) is 4.98 Å². The highest BCUT2D eigenvalue weighted by Gasteiger charge is 2.31. The molecule has 2 aromatic heterocycles. The van der Waals surface area contributed by atoms with Crippen molar-refractivity contribution in [3.63, 3.8) is 0 Å². The van der Waals surface area contributed by atoms with Gasteiger partial charge in [-0.05, 0) is 54.5 Å². The van der Waals surface area contributed by atoms with Crippen molar-refractivity contribution in [3.8, 4) is 28.4 Å². The van der Waals surface area contributed by atoms with E-state index in [1.807, 2.05) is 12.1 Å². The van der Waals surface area contributed by atoms with Gasteiger partial charge in [0.15, 0.2) is 11.5 Å². The number of rotatable bonds is 9. The fourth-order valence-electron chi connectivity index (χ4n) is 3.79. The van der Waals surface area contributed by atoms with Gasteiger partial charge in [-0.1, -0.05) is 43.7 Å². The van der Waals surface area contributed by atoms with Crippen LogP contribution in [0.2, 0.25) is 0 Å². The molecule has 0 saturated carbocycles. The highest BCUT2D eigenvalue weighted by Crippen LogP contribution is 2.33. The third kappa shape index (κ3) is 6.11. The summed E-state index contributed by atoms with van der Waals surface area (Å²) in [5, 5.41) is 0. The molecule has 0 fully saturated rings. The summed E-state index contributed by atoms with van der Waals surface area (Å²) in [6.07, 6.45) is 2.09. The Morgan fingerprint density at radius 1 is 1.00 bits per heavy atom. The number of benzene rings is 2. The molecule has 37 heavy (non-hydrogen) atoms. The maximum absolute atomic E-state index is 13.4. The number of ether oxygens (including phenoxy) is 3. The maximum Gasteiger partial charge on any atom is 0.573 e. The van der Waals surface area contributed by atoms with Crippen LogP contribution < -0.4 is 19.8 Å². The number of unbranched alkanes of at least 4 members (excludes halogenated alkanes) is 1. The minimum atomic E-state index is -4.81. The van der Waals surface area contributed by atoms with Gasteiger partial charge in [-0.3, -0.25) is 9.20 Å². The van der Waals surface area contributed by atoms with Gasteiger partial charge >= 0.3 is 6.36 Å². The molecule has 0 radical (unpaired) electrons. The van der Waals surface area contributed by atoms with E-state index in [2.05, 4.69) is 16.6 Å². The van der Waals surface area contributed by atoms with Crippen LogP contribution in [-0.4, -0.2) is 29.5 Å². The van der Waals surface area contributed by atoms with Gasteiger partial charge in [0.1, 0.15) is 11.4 Å². The van der Waals surface area contributed by atoms with Gasteiger partial charge in [0, 0.05) is 11.8 Å². The van der Waals surface area contributed by atoms with E-state index in [1.165, 1.54) is 16.5 Å². The number of pyridine rings is 1. The molecule has 0 amide bonds. The van der Waals surface area contributed by atoms with Gasteiger partial charge in [0.25, 0.3) is 5.56 Å². The Morgan fingerprint density at radius 2 is 1.78 bits per heavy atom. The first-order valence-electron chi connectivity index (χ1n) is 11.7. The molecule has 2 aromatic carbocycles. The van der Waals surface area contributed by atoms with E-state index >= 15 is 0 Å². The summed E-state index contributed by atoms with van der Waals surface area (Å²) in [4.78, 5) is 18.1. The highest BCUT2D eigenvalue weighted by atomic mass is 19.4. The van der Waals surface area contributed by atoms with Crippen molar-refractivity contribution in [1.82, 2.24) is 9.38 Å². The zero-order chi connectivity index (χ0) is 26.4. The van der Waals surface area contributed by atoms with Crippen LogP contribution in [0.15, 0.2) is 71.7 Å². The third-order valence-electron chi connectivity index (χ3n) is 5.53. The number of nitrogens with zero attached hydrogens (tertiary/aromatic N) is 2. The second kappa shape index (κ2) is 11.2. The summed E-state index contributed by atoms with van der Waals surface area (Å²) < 4.78 is 54.6. The highest BCUT2D eigenvalue weighted by molar-refractivity contribution is 5.81. The zero-order valence-corrected chi connectivity index (χ0v) is 20.3. The average molecular weight is 511 g/mol. The van der Waals surface area contributed by atoms with Crippen molar-refractivity contribution in [1.29, 1.82) is 0 Å². The maximum atomic E-state index is 13.4. The second-order valence-corrected chi connectivity index (χ2v) is 8.09. The standard InChI is InChI=1S/C28H25F3N2O4/c1-3-4-18-36-26-20(8-7-9-23(26)35-2)13-16-22-25(27(34)33-17-6-5-10-24(33)32-22)19-11-14-21(15-12-19)37-28(29,30)31/h5-17H,3-4,18H2,1-2H3. The quantitative estimate of drug-likeness (QED) is 0.237. The van der Waals surface area contributed by atoms with E-state index in [1.54, 1.807) is 49.7 Å². The summed E-state index contributed by atoms with van der Waals surface area (Å²) in [7, 11) is 1.56. The minimum Gasteiger partial charge on any atom is -0.493 e. The molecule has 0 atom stereocenters. The largest absolute Gasteiger partial charge is 0.573 e. The van der Waals surface area contributed by atoms with Crippen molar-refractivity contribution in [2.75, 3.05) is 13.7 Å². The smallest absolute Gasteiger partial charge is 0.493 e. The molecule has 0 N–H and O–H groups in total. The number of hydrogen-bond acceptors (Lipinski definition) is 5. The number of aromatic nitrogens is 2. The molecule has 0 bridgehead atoms. The Balaban J connectivity index is 1.81. The van der Waals surface area contributed by atoms with E-state index in [4.69, 9.17) is 9.47 Å². The van der Waals surface area contributed by atoms with E-state index in [0.717, 1.165) is 30.5 Å². The Labute approximate surface area is 211 Å². The topological polar surface area (TPSA) is 62.1 Å². The predicted octanol–water partition coefficient (Wildman–Crippen LogP) is 6.62.